The van der Waals surface area contributed by atoms with Gasteiger partial charge in [0.15, 0.2) is 12.2 Å². The number of nitrogens with zero attached hydrogens (tertiary/aromatic N) is 2. The average Bonchev–Trinajstić information content (AvgIpc) is 3.50. The molecule has 1 aliphatic carbocycles. The molecule has 0 saturated carbocycles. The molecule has 7 nitrogen and oxygen atoms in total. The SMILES string of the molecule is Cc1cc2c(cc1C#N)CCC2Oc1ccc(NC2CCCCO2)c(C(=N)c2cnco2)c1. The number of oxazole rings is 1. The molecule has 7 heteroatoms. The highest BCUT2D eigenvalue weighted by molar-refractivity contribution is 6.12. The lowest BCUT2D eigenvalue weighted by Gasteiger charge is -2.26. The maximum atomic E-state index is 9.33. The van der Waals surface area contributed by atoms with Gasteiger partial charge in [-0.25, -0.2) is 4.98 Å². The number of nitrogens with one attached hydrogen (secondary N) is 2. The molecule has 3 aromatic rings. The summed E-state index contributed by atoms with van der Waals surface area (Å²) in [6.07, 6.45) is 7.56. The highest BCUT2D eigenvalue weighted by atomic mass is 16.5. The minimum Gasteiger partial charge on any atom is -0.486 e. The Bertz CT molecular complexity index is 1210. The summed E-state index contributed by atoms with van der Waals surface area (Å²) in [4.78, 5) is 3.96. The molecule has 0 spiro atoms. The van der Waals surface area contributed by atoms with Gasteiger partial charge in [0.2, 0.25) is 0 Å². The van der Waals surface area contributed by atoms with E-state index in [0.717, 1.165) is 61.1 Å². The van der Waals surface area contributed by atoms with Gasteiger partial charge in [0.25, 0.3) is 0 Å². The van der Waals surface area contributed by atoms with Crippen molar-refractivity contribution in [3.63, 3.8) is 0 Å². The minimum absolute atomic E-state index is 0.0780. The third-order valence-corrected chi connectivity index (χ3v) is 6.34. The molecule has 2 heterocycles. The fourth-order valence-corrected chi connectivity index (χ4v) is 4.57. The number of hydrogen-bond acceptors (Lipinski definition) is 7. The summed E-state index contributed by atoms with van der Waals surface area (Å²) in [5, 5.41) is 21.5. The molecule has 1 aliphatic heterocycles. The standard InChI is InChI=1S/C26H26N4O3/c1-16-10-20-17(11-18(16)13-27)5-8-23(20)33-19-6-7-22(30-25-4-2-3-9-31-25)21(12-19)26(28)24-14-29-15-32-24/h6-7,10-12,14-15,23,25,28,30H,2-5,8-9H2,1H3. The number of benzene rings is 2. The van der Waals surface area contributed by atoms with Gasteiger partial charge in [0.1, 0.15) is 23.8 Å². The lowest BCUT2D eigenvalue weighted by atomic mass is 10.0. The fourth-order valence-electron chi connectivity index (χ4n) is 4.57. The molecule has 2 unspecified atom stereocenters. The largest absolute Gasteiger partial charge is 0.486 e. The van der Waals surface area contributed by atoms with E-state index in [1.807, 2.05) is 31.2 Å². The van der Waals surface area contributed by atoms with Gasteiger partial charge >= 0.3 is 0 Å². The van der Waals surface area contributed by atoms with E-state index in [1.165, 1.54) is 12.0 Å². The Hall–Kier alpha value is -3.63. The molecule has 2 N–H and O–H groups in total. The van der Waals surface area contributed by atoms with Crippen molar-refractivity contribution >= 4 is 11.4 Å². The maximum absolute atomic E-state index is 9.33. The highest BCUT2D eigenvalue weighted by Gasteiger charge is 2.26. The number of nitriles is 1. The number of rotatable bonds is 6. The number of fused-ring (bicyclic) bond motifs is 1. The van der Waals surface area contributed by atoms with Crippen molar-refractivity contribution in [3.05, 3.63) is 76.5 Å². The Kier molecular flexibility index (Phi) is 5.84. The second kappa shape index (κ2) is 9.08. The molecule has 2 atom stereocenters. The van der Waals surface area contributed by atoms with Crippen molar-refractivity contribution in [2.45, 2.75) is 51.4 Å². The zero-order valence-corrected chi connectivity index (χ0v) is 18.6. The third-order valence-electron chi connectivity index (χ3n) is 6.34. The van der Waals surface area contributed by atoms with Gasteiger partial charge in [0, 0.05) is 17.9 Å². The van der Waals surface area contributed by atoms with Gasteiger partial charge in [-0.15, -0.1) is 0 Å². The Morgan fingerprint density at radius 1 is 1.24 bits per heavy atom. The van der Waals surface area contributed by atoms with Crippen LogP contribution in [0.2, 0.25) is 0 Å². The van der Waals surface area contributed by atoms with Gasteiger partial charge in [0.05, 0.1) is 17.8 Å². The number of anilines is 1. The molecule has 2 aromatic carbocycles. The minimum atomic E-state index is -0.0840. The summed E-state index contributed by atoms with van der Waals surface area (Å²) in [5.41, 5.74) is 5.70. The van der Waals surface area contributed by atoms with Crippen LogP contribution in [0.1, 0.15) is 65.4 Å². The Morgan fingerprint density at radius 2 is 2.15 bits per heavy atom. The quantitative estimate of drug-likeness (QED) is 0.504. The van der Waals surface area contributed by atoms with Crippen molar-refractivity contribution < 1.29 is 13.9 Å². The predicted octanol–water partition coefficient (Wildman–Crippen LogP) is 5.28. The maximum Gasteiger partial charge on any atom is 0.181 e. The first-order chi connectivity index (χ1) is 16.1. The number of ether oxygens (including phenoxy) is 2. The zero-order valence-electron chi connectivity index (χ0n) is 18.6. The van der Waals surface area contributed by atoms with Crippen molar-refractivity contribution in [3.8, 4) is 11.8 Å². The average molecular weight is 443 g/mol. The van der Waals surface area contributed by atoms with Crippen LogP contribution in [0, 0.1) is 23.7 Å². The van der Waals surface area contributed by atoms with E-state index < -0.39 is 0 Å². The van der Waals surface area contributed by atoms with Crippen LogP contribution in [0.3, 0.4) is 0 Å². The molecule has 0 bridgehead atoms. The van der Waals surface area contributed by atoms with E-state index in [2.05, 4.69) is 22.4 Å². The van der Waals surface area contributed by atoms with Crippen LogP contribution in [-0.4, -0.2) is 23.5 Å². The van der Waals surface area contributed by atoms with Crippen LogP contribution < -0.4 is 10.1 Å². The van der Waals surface area contributed by atoms with Gasteiger partial charge in [-0.2, -0.15) is 5.26 Å². The van der Waals surface area contributed by atoms with Crippen LogP contribution in [0.4, 0.5) is 5.69 Å². The first-order valence-corrected chi connectivity index (χ1v) is 11.3. The number of aromatic nitrogens is 1. The molecular formula is C26H26N4O3. The summed E-state index contributed by atoms with van der Waals surface area (Å²) in [6.45, 7) is 2.70. The normalized spacial score (nSPS) is 19.5. The van der Waals surface area contributed by atoms with E-state index in [0.29, 0.717) is 17.1 Å². The Morgan fingerprint density at radius 3 is 2.91 bits per heavy atom. The van der Waals surface area contributed by atoms with E-state index in [1.54, 1.807) is 6.20 Å². The van der Waals surface area contributed by atoms with Crippen LogP contribution in [0.5, 0.6) is 5.75 Å². The van der Waals surface area contributed by atoms with E-state index in [9.17, 15) is 5.26 Å². The molecule has 0 amide bonds. The lowest BCUT2D eigenvalue weighted by Crippen LogP contribution is -2.28. The first kappa shape index (κ1) is 21.2. The van der Waals surface area contributed by atoms with Crippen LogP contribution in [-0.2, 0) is 11.2 Å². The van der Waals surface area contributed by atoms with Crippen LogP contribution >= 0.6 is 0 Å². The van der Waals surface area contributed by atoms with E-state index >= 15 is 0 Å². The molecular weight excluding hydrogens is 416 g/mol. The van der Waals surface area contributed by atoms with Crippen molar-refractivity contribution in [1.82, 2.24) is 4.98 Å². The van der Waals surface area contributed by atoms with Gasteiger partial charge in [-0.05, 0) is 80.0 Å². The molecule has 168 valence electrons. The summed E-state index contributed by atoms with van der Waals surface area (Å²) in [5.74, 6) is 1.08. The molecule has 0 radical (unpaired) electrons. The monoisotopic (exact) mass is 442 g/mol. The van der Waals surface area contributed by atoms with Crippen molar-refractivity contribution in [2.24, 2.45) is 0 Å². The summed E-state index contributed by atoms with van der Waals surface area (Å²) >= 11 is 0. The van der Waals surface area contributed by atoms with Crippen molar-refractivity contribution in [1.29, 1.82) is 10.7 Å². The van der Waals surface area contributed by atoms with Gasteiger partial charge < -0.3 is 19.2 Å². The summed E-state index contributed by atoms with van der Waals surface area (Å²) < 4.78 is 17.6. The van der Waals surface area contributed by atoms with E-state index in [-0.39, 0.29) is 18.0 Å². The Balaban J connectivity index is 1.43. The fraction of sp³-hybridized carbons (Fsp3) is 0.346. The second-order valence-electron chi connectivity index (χ2n) is 8.57. The van der Waals surface area contributed by atoms with Crippen LogP contribution in [0.25, 0.3) is 0 Å². The highest BCUT2D eigenvalue weighted by Crippen LogP contribution is 2.37. The third kappa shape index (κ3) is 4.35. The smallest absolute Gasteiger partial charge is 0.181 e. The van der Waals surface area contributed by atoms with E-state index in [4.69, 9.17) is 19.3 Å². The van der Waals surface area contributed by atoms with Gasteiger partial charge in [-0.1, -0.05) is 6.07 Å². The molecule has 2 aliphatic rings. The lowest BCUT2D eigenvalue weighted by molar-refractivity contribution is 0.0343. The number of aryl methyl sites for hydroxylation is 2. The number of hydrogen-bond donors (Lipinski definition) is 2. The Labute approximate surface area is 192 Å². The predicted molar refractivity (Wildman–Crippen MR) is 124 cm³/mol. The molecule has 33 heavy (non-hydrogen) atoms. The molecule has 5 rings (SSSR count). The summed E-state index contributed by atoms with van der Waals surface area (Å²) in [7, 11) is 0. The zero-order chi connectivity index (χ0) is 22.8. The summed E-state index contributed by atoms with van der Waals surface area (Å²) in [6, 6.07) is 12.1. The molecule has 1 saturated heterocycles. The molecule has 1 aromatic heterocycles. The topological polar surface area (TPSA) is 104 Å². The second-order valence-corrected chi connectivity index (χ2v) is 8.57. The van der Waals surface area contributed by atoms with Crippen LogP contribution in [0.15, 0.2) is 47.3 Å². The molecule has 1 fully saturated rings. The first-order valence-electron chi connectivity index (χ1n) is 11.3. The van der Waals surface area contributed by atoms with Crippen molar-refractivity contribution in [2.75, 3.05) is 11.9 Å². The van der Waals surface area contributed by atoms with Gasteiger partial charge in [-0.3, -0.25) is 5.41 Å².